The molecule has 0 amide bonds. The zero-order valence-electron chi connectivity index (χ0n) is 9.45. The van der Waals surface area contributed by atoms with Crippen molar-refractivity contribution >= 4 is 15.9 Å². The van der Waals surface area contributed by atoms with Gasteiger partial charge >= 0.3 is 0 Å². The average molecular weight is 270 g/mol. The van der Waals surface area contributed by atoms with Crippen LogP contribution in [0.3, 0.4) is 0 Å². The molecule has 0 saturated carbocycles. The van der Waals surface area contributed by atoms with E-state index in [1.54, 1.807) is 0 Å². The van der Waals surface area contributed by atoms with Crippen molar-refractivity contribution in [2.24, 2.45) is 0 Å². The molecule has 0 atom stereocenters. The first-order chi connectivity index (χ1) is 7.33. The van der Waals surface area contributed by atoms with Crippen LogP contribution in [0.25, 0.3) is 0 Å². The molecule has 0 N–H and O–H groups in total. The first kappa shape index (κ1) is 12.7. The van der Waals surface area contributed by atoms with E-state index in [-0.39, 0.29) is 0 Å². The standard InChI is InChI=1S/C13H20BrN/c1-15(11-7-3-6-10-14)12-13-8-4-2-5-9-13/h2,4-5,8-9H,3,6-7,10-12H2,1H3. The fourth-order valence-electron chi connectivity index (χ4n) is 1.63. The maximum atomic E-state index is 3.46. The van der Waals surface area contributed by atoms with Gasteiger partial charge in [-0.15, -0.1) is 0 Å². The van der Waals surface area contributed by atoms with E-state index in [1.165, 1.54) is 31.4 Å². The number of nitrogens with zero attached hydrogens (tertiary/aromatic N) is 1. The van der Waals surface area contributed by atoms with Crippen molar-refractivity contribution in [2.75, 3.05) is 18.9 Å². The Kier molecular flexibility index (Phi) is 6.69. The van der Waals surface area contributed by atoms with Gasteiger partial charge < -0.3 is 4.90 Å². The smallest absolute Gasteiger partial charge is 0.0230 e. The highest BCUT2D eigenvalue weighted by atomic mass is 79.9. The van der Waals surface area contributed by atoms with E-state index < -0.39 is 0 Å². The van der Waals surface area contributed by atoms with Crippen LogP contribution in [-0.2, 0) is 6.54 Å². The molecule has 1 rings (SSSR count). The zero-order valence-corrected chi connectivity index (χ0v) is 11.0. The van der Waals surface area contributed by atoms with E-state index in [0.29, 0.717) is 0 Å². The molecule has 84 valence electrons. The van der Waals surface area contributed by atoms with Gasteiger partial charge in [-0.1, -0.05) is 52.7 Å². The van der Waals surface area contributed by atoms with Crippen LogP contribution in [0.5, 0.6) is 0 Å². The van der Waals surface area contributed by atoms with E-state index in [4.69, 9.17) is 0 Å². The van der Waals surface area contributed by atoms with Gasteiger partial charge in [-0.05, 0) is 32.0 Å². The fraction of sp³-hybridized carbons (Fsp3) is 0.538. The molecule has 0 heterocycles. The number of alkyl halides is 1. The van der Waals surface area contributed by atoms with Crippen molar-refractivity contribution in [1.29, 1.82) is 0 Å². The van der Waals surface area contributed by atoms with Gasteiger partial charge in [0.15, 0.2) is 0 Å². The highest BCUT2D eigenvalue weighted by Crippen LogP contribution is 2.05. The third-order valence-corrected chi connectivity index (χ3v) is 3.03. The molecular weight excluding hydrogens is 250 g/mol. The van der Waals surface area contributed by atoms with Crippen molar-refractivity contribution in [3.05, 3.63) is 35.9 Å². The van der Waals surface area contributed by atoms with Gasteiger partial charge in [-0.2, -0.15) is 0 Å². The molecule has 0 saturated heterocycles. The van der Waals surface area contributed by atoms with Crippen LogP contribution in [0, 0.1) is 0 Å². The van der Waals surface area contributed by atoms with Gasteiger partial charge in [0, 0.05) is 11.9 Å². The second kappa shape index (κ2) is 7.89. The molecular formula is C13H20BrN. The number of benzene rings is 1. The summed E-state index contributed by atoms with van der Waals surface area (Å²) < 4.78 is 0. The molecule has 0 bridgehead atoms. The summed E-state index contributed by atoms with van der Waals surface area (Å²) >= 11 is 3.46. The molecule has 0 aliphatic carbocycles. The third-order valence-electron chi connectivity index (χ3n) is 2.47. The topological polar surface area (TPSA) is 3.24 Å². The summed E-state index contributed by atoms with van der Waals surface area (Å²) in [4.78, 5) is 2.39. The summed E-state index contributed by atoms with van der Waals surface area (Å²) in [5, 5.41) is 1.13. The third kappa shape index (κ3) is 5.95. The Bertz CT molecular complexity index is 248. The van der Waals surface area contributed by atoms with Gasteiger partial charge in [0.2, 0.25) is 0 Å². The minimum atomic E-state index is 1.06. The maximum absolute atomic E-state index is 3.46. The molecule has 0 aliphatic rings. The van der Waals surface area contributed by atoms with Gasteiger partial charge in [0.25, 0.3) is 0 Å². The second-order valence-corrected chi connectivity index (χ2v) is 4.77. The van der Waals surface area contributed by atoms with E-state index >= 15 is 0 Å². The summed E-state index contributed by atoms with van der Waals surface area (Å²) in [6, 6.07) is 10.7. The average Bonchev–Trinajstić information content (AvgIpc) is 2.26. The monoisotopic (exact) mass is 269 g/mol. The molecule has 0 spiro atoms. The highest BCUT2D eigenvalue weighted by molar-refractivity contribution is 9.09. The summed E-state index contributed by atoms with van der Waals surface area (Å²) in [7, 11) is 2.20. The summed E-state index contributed by atoms with van der Waals surface area (Å²) in [5.74, 6) is 0. The molecule has 2 heteroatoms. The van der Waals surface area contributed by atoms with Gasteiger partial charge in [0.05, 0.1) is 0 Å². The van der Waals surface area contributed by atoms with E-state index in [9.17, 15) is 0 Å². The Balaban J connectivity index is 2.16. The molecule has 0 aromatic heterocycles. The van der Waals surface area contributed by atoms with Crippen LogP contribution in [-0.4, -0.2) is 23.8 Å². The lowest BCUT2D eigenvalue weighted by Crippen LogP contribution is -2.18. The van der Waals surface area contributed by atoms with Crippen molar-refractivity contribution in [3.8, 4) is 0 Å². The van der Waals surface area contributed by atoms with Crippen LogP contribution in [0.4, 0.5) is 0 Å². The summed E-state index contributed by atoms with van der Waals surface area (Å²) in [6.07, 6.45) is 3.92. The highest BCUT2D eigenvalue weighted by Gasteiger charge is 1.98. The van der Waals surface area contributed by atoms with Gasteiger partial charge in [-0.25, -0.2) is 0 Å². The fourth-order valence-corrected chi connectivity index (χ4v) is 2.02. The van der Waals surface area contributed by atoms with Crippen LogP contribution in [0.1, 0.15) is 24.8 Å². The first-order valence-corrected chi connectivity index (χ1v) is 6.73. The predicted molar refractivity (Wildman–Crippen MR) is 70.4 cm³/mol. The molecule has 1 nitrogen and oxygen atoms in total. The lowest BCUT2D eigenvalue weighted by molar-refractivity contribution is 0.318. The van der Waals surface area contributed by atoms with E-state index in [2.05, 4.69) is 58.2 Å². The van der Waals surface area contributed by atoms with Crippen molar-refractivity contribution in [1.82, 2.24) is 4.90 Å². The lowest BCUT2D eigenvalue weighted by atomic mass is 10.2. The lowest BCUT2D eigenvalue weighted by Gasteiger charge is -2.16. The Hall–Kier alpha value is -0.340. The molecule has 0 aliphatic heterocycles. The van der Waals surface area contributed by atoms with E-state index in [0.717, 1.165) is 11.9 Å². The van der Waals surface area contributed by atoms with Crippen molar-refractivity contribution in [2.45, 2.75) is 25.8 Å². The number of halogens is 1. The molecule has 15 heavy (non-hydrogen) atoms. The van der Waals surface area contributed by atoms with Crippen molar-refractivity contribution < 1.29 is 0 Å². The Morgan fingerprint density at radius 3 is 2.47 bits per heavy atom. The van der Waals surface area contributed by atoms with Crippen molar-refractivity contribution in [3.63, 3.8) is 0 Å². The zero-order chi connectivity index (χ0) is 10.9. The maximum Gasteiger partial charge on any atom is 0.0230 e. The number of rotatable bonds is 7. The first-order valence-electron chi connectivity index (χ1n) is 5.61. The quantitative estimate of drug-likeness (QED) is 0.539. The Morgan fingerprint density at radius 2 is 1.80 bits per heavy atom. The van der Waals surface area contributed by atoms with Crippen LogP contribution < -0.4 is 0 Å². The molecule has 0 fully saturated rings. The van der Waals surface area contributed by atoms with Crippen LogP contribution in [0.2, 0.25) is 0 Å². The minimum absolute atomic E-state index is 1.06. The number of hydrogen-bond donors (Lipinski definition) is 0. The van der Waals surface area contributed by atoms with E-state index in [1.807, 2.05) is 0 Å². The summed E-state index contributed by atoms with van der Waals surface area (Å²) in [6.45, 7) is 2.26. The van der Waals surface area contributed by atoms with Gasteiger partial charge in [0.1, 0.15) is 0 Å². The molecule has 1 aromatic rings. The predicted octanol–water partition coefficient (Wildman–Crippen LogP) is 3.68. The number of unbranched alkanes of at least 4 members (excludes halogenated alkanes) is 2. The molecule has 0 radical (unpaired) electrons. The normalized spacial score (nSPS) is 10.9. The second-order valence-electron chi connectivity index (χ2n) is 3.97. The van der Waals surface area contributed by atoms with Crippen LogP contribution in [0.15, 0.2) is 30.3 Å². The Morgan fingerprint density at radius 1 is 1.07 bits per heavy atom. The largest absolute Gasteiger partial charge is 0.302 e. The molecule has 1 aromatic carbocycles. The number of hydrogen-bond acceptors (Lipinski definition) is 1. The molecule has 0 unspecified atom stereocenters. The SMILES string of the molecule is CN(CCCCCBr)Cc1ccccc1. The minimum Gasteiger partial charge on any atom is -0.302 e. The summed E-state index contributed by atoms with van der Waals surface area (Å²) in [5.41, 5.74) is 1.40. The Labute approximate surface area is 102 Å². The van der Waals surface area contributed by atoms with Crippen LogP contribution >= 0.6 is 15.9 Å². The van der Waals surface area contributed by atoms with Gasteiger partial charge in [-0.3, -0.25) is 0 Å².